The molecule has 1 aliphatic rings. The highest BCUT2D eigenvalue weighted by atomic mass is 127. The van der Waals surface area contributed by atoms with Crippen LogP contribution >= 0.6 is 22.6 Å². The minimum atomic E-state index is -0.907. The number of fused-ring (bicyclic) bond motifs is 1. The average molecular weight is 509 g/mol. The monoisotopic (exact) mass is 509 g/mol. The van der Waals surface area contributed by atoms with Crippen molar-refractivity contribution in [1.29, 1.82) is 5.26 Å². The van der Waals surface area contributed by atoms with Gasteiger partial charge in [-0.05, 0) is 71.7 Å². The number of hydrogen-bond acceptors (Lipinski definition) is 4. The molecule has 4 rings (SSSR count). The Bertz CT molecular complexity index is 1200. The molecule has 6 heteroatoms. The standard InChI is InChI=1S/C24H24IN5/c1-4-5-6-21-28-22-16(2)11-12-27-23(22)30(21)14-18-7-9-19(10-8-18)24(15-26)20(25)13-17(3)29-24/h7-13H,4-6,14H2,1-3H3. The number of hydrogen-bond donors (Lipinski definition) is 0. The van der Waals surface area contributed by atoms with Gasteiger partial charge in [0.25, 0.3) is 0 Å². The Kier molecular flexibility index (Phi) is 5.74. The molecule has 0 amide bonds. The van der Waals surface area contributed by atoms with Crippen molar-refractivity contribution in [1.82, 2.24) is 14.5 Å². The van der Waals surface area contributed by atoms with E-state index in [1.54, 1.807) is 0 Å². The van der Waals surface area contributed by atoms with E-state index in [9.17, 15) is 5.26 Å². The van der Waals surface area contributed by atoms with Crippen LogP contribution < -0.4 is 0 Å². The van der Waals surface area contributed by atoms with Gasteiger partial charge in [0.2, 0.25) is 5.54 Å². The molecule has 0 spiro atoms. The highest BCUT2D eigenvalue weighted by Crippen LogP contribution is 2.41. The van der Waals surface area contributed by atoms with E-state index in [0.29, 0.717) is 6.54 Å². The van der Waals surface area contributed by atoms with Crippen molar-refractivity contribution < 1.29 is 0 Å². The first kappa shape index (κ1) is 20.7. The molecule has 0 radical (unpaired) electrons. The third kappa shape index (κ3) is 3.56. The smallest absolute Gasteiger partial charge is 0.202 e. The molecule has 0 saturated heterocycles. The molecule has 3 heterocycles. The summed E-state index contributed by atoms with van der Waals surface area (Å²) in [6, 6.07) is 12.7. The van der Waals surface area contributed by atoms with Crippen LogP contribution in [0.5, 0.6) is 0 Å². The van der Waals surface area contributed by atoms with Crippen molar-refractivity contribution >= 4 is 39.5 Å². The molecule has 152 valence electrons. The largest absolute Gasteiger partial charge is 0.308 e. The number of nitrogens with zero attached hydrogens (tertiary/aromatic N) is 5. The Hall–Kier alpha value is -2.53. The summed E-state index contributed by atoms with van der Waals surface area (Å²) in [6.45, 7) is 6.92. The van der Waals surface area contributed by atoms with Gasteiger partial charge in [0, 0.05) is 21.9 Å². The minimum absolute atomic E-state index is 0.709. The zero-order chi connectivity index (χ0) is 21.3. The van der Waals surface area contributed by atoms with E-state index in [1.807, 2.05) is 37.4 Å². The molecular weight excluding hydrogens is 485 g/mol. The third-order valence-electron chi connectivity index (χ3n) is 5.57. The Labute approximate surface area is 190 Å². The van der Waals surface area contributed by atoms with E-state index in [4.69, 9.17) is 4.98 Å². The fourth-order valence-corrected chi connectivity index (χ4v) is 4.90. The fraction of sp³-hybridized carbons (Fsp3) is 0.333. The van der Waals surface area contributed by atoms with E-state index < -0.39 is 5.54 Å². The topological polar surface area (TPSA) is 66.9 Å². The summed E-state index contributed by atoms with van der Waals surface area (Å²) in [6.07, 6.45) is 7.01. The molecule has 1 unspecified atom stereocenters. The number of pyridine rings is 1. The van der Waals surface area contributed by atoms with Crippen molar-refractivity contribution in [3.05, 3.63) is 68.7 Å². The number of imidazole rings is 1. The van der Waals surface area contributed by atoms with Gasteiger partial charge in [-0.3, -0.25) is 4.99 Å². The van der Waals surface area contributed by atoms with Crippen LogP contribution in [0, 0.1) is 18.3 Å². The molecule has 1 aromatic carbocycles. The number of aryl methyl sites for hydroxylation is 2. The highest BCUT2D eigenvalue weighted by Gasteiger charge is 2.38. The summed E-state index contributed by atoms with van der Waals surface area (Å²) in [5.74, 6) is 1.08. The lowest BCUT2D eigenvalue weighted by Gasteiger charge is -2.20. The summed E-state index contributed by atoms with van der Waals surface area (Å²) in [4.78, 5) is 14.1. The van der Waals surface area contributed by atoms with Crippen LogP contribution in [-0.4, -0.2) is 20.2 Å². The van der Waals surface area contributed by atoms with Gasteiger partial charge in [-0.2, -0.15) is 5.26 Å². The van der Waals surface area contributed by atoms with Crippen molar-refractivity contribution in [2.45, 2.75) is 52.1 Å². The Morgan fingerprint density at radius 2 is 1.93 bits per heavy atom. The lowest BCUT2D eigenvalue weighted by molar-refractivity contribution is 0.685. The first-order chi connectivity index (χ1) is 14.5. The van der Waals surface area contributed by atoms with Crippen LogP contribution in [0.3, 0.4) is 0 Å². The maximum atomic E-state index is 9.87. The second-order valence-corrected chi connectivity index (χ2v) is 8.94. The summed E-state index contributed by atoms with van der Waals surface area (Å²) in [7, 11) is 0. The Morgan fingerprint density at radius 1 is 1.17 bits per heavy atom. The van der Waals surface area contributed by atoms with E-state index in [2.05, 4.69) is 69.2 Å². The molecule has 0 aliphatic carbocycles. The number of rotatable bonds is 6. The van der Waals surface area contributed by atoms with Crippen molar-refractivity contribution in [3.8, 4) is 6.07 Å². The van der Waals surface area contributed by atoms with E-state index in [-0.39, 0.29) is 0 Å². The first-order valence-electron chi connectivity index (χ1n) is 10.2. The molecule has 0 saturated carbocycles. The van der Waals surface area contributed by atoms with Crippen LogP contribution in [0.2, 0.25) is 0 Å². The molecule has 0 N–H and O–H groups in total. The Morgan fingerprint density at radius 3 is 2.57 bits per heavy atom. The minimum Gasteiger partial charge on any atom is -0.308 e. The number of benzene rings is 1. The molecule has 1 atom stereocenters. The van der Waals surface area contributed by atoms with Gasteiger partial charge in [0.15, 0.2) is 5.65 Å². The third-order valence-corrected chi connectivity index (χ3v) is 6.66. The number of aromatic nitrogens is 3. The van der Waals surface area contributed by atoms with Gasteiger partial charge in [0.05, 0.1) is 6.54 Å². The van der Waals surface area contributed by atoms with Crippen molar-refractivity contribution in [2.24, 2.45) is 4.99 Å². The number of unbranched alkanes of at least 4 members (excludes halogenated alkanes) is 1. The zero-order valence-corrected chi connectivity index (χ0v) is 19.6. The number of allylic oxidation sites excluding steroid dienone is 1. The first-order valence-corrected chi connectivity index (χ1v) is 11.3. The summed E-state index contributed by atoms with van der Waals surface area (Å²) in [5.41, 5.74) is 5.11. The predicted octanol–water partition coefficient (Wildman–Crippen LogP) is 5.64. The molecule has 5 nitrogen and oxygen atoms in total. The second kappa shape index (κ2) is 8.31. The summed E-state index contributed by atoms with van der Waals surface area (Å²) >= 11 is 2.22. The highest BCUT2D eigenvalue weighted by molar-refractivity contribution is 14.1. The van der Waals surface area contributed by atoms with Gasteiger partial charge in [-0.1, -0.05) is 37.6 Å². The molecule has 3 aromatic rings. The fourth-order valence-electron chi connectivity index (χ4n) is 3.89. The average Bonchev–Trinajstić information content (AvgIpc) is 3.24. The van der Waals surface area contributed by atoms with Gasteiger partial charge >= 0.3 is 0 Å². The van der Waals surface area contributed by atoms with Crippen LogP contribution in [-0.2, 0) is 18.5 Å². The SMILES string of the molecule is CCCCc1nc2c(C)ccnc2n1Cc1ccc(C2(C#N)N=C(C)C=C2I)cc1. The van der Waals surface area contributed by atoms with Crippen LogP contribution in [0.1, 0.15) is 49.2 Å². The molecular formula is C24H24IN5. The van der Waals surface area contributed by atoms with Gasteiger partial charge in [0.1, 0.15) is 17.4 Å². The maximum Gasteiger partial charge on any atom is 0.202 e. The Balaban J connectivity index is 1.69. The van der Waals surface area contributed by atoms with E-state index in [0.717, 1.165) is 62.2 Å². The van der Waals surface area contributed by atoms with Crippen LogP contribution in [0.25, 0.3) is 11.2 Å². The normalized spacial score (nSPS) is 18.4. The van der Waals surface area contributed by atoms with Crippen molar-refractivity contribution in [3.63, 3.8) is 0 Å². The van der Waals surface area contributed by atoms with Crippen LogP contribution in [0.4, 0.5) is 0 Å². The molecule has 1 aliphatic heterocycles. The zero-order valence-electron chi connectivity index (χ0n) is 17.5. The lowest BCUT2D eigenvalue weighted by atomic mass is 9.92. The van der Waals surface area contributed by atoms with E-state index in [1.165, 1.54) is 0 Å². The van der Waals surface area contributed by atoms with Gasteiger partial charge in [-0.25, -0.2) is 9.97 Å². The number of aliphatic imine (C=N–C) groups is 1. The van der Waals surface area contributed by atoms with Gasteiger partial charge < -0.3 is 4.57 Å². The van der Waals surface area contributed by atoms with Crippen LogP contribution in [0.15, 0.2) is 51.2 Å². The number of nitriles is 1. The lowest BCUT2D eigenvalue weighted by Crippen LogP contribution is -2.19. The molecule has 30 heavy (non-hydrogen) atoms. The second-order valence-electron chi connectivity index (χ2n) is 7.78. The number of halogens is 1. The summed E-state index contributed by atoms with van der Waals surface area (Å²) in [5, 5.41) is 9.87. The summed E-state index contributed by atoms with van der Waals surface area (Å²) < 4.78 is 3.17. The maximum absolute atomic E-state index is 9.87. The molecule has 0 fully saturated rings. The quantitative estimate of drug-likeness (QED) is 0.404. The van der Waals surface area contributed by atoms with E-state index >= 15 is 0 Å². The predicted molar refractivity (Wildman–Crippen MR) is 129 cm³/mol. The molecule has 2 aromatic heterocycles. The van der Waals surface area contributed by atoms with Gasteiger partial charge in [-0.15, -0.1) is 0 Å². The van der Waals surface area contributed by atoms with Crippen molar-refractivity contribution in [2.75, 3.05) is 0 Å². The molecule has 0 bridgehead atoms.